The number of aromatic nitrogens is 2. The Morgan fingerprint density at radius 3 is 2.46 bits per heavy atom. The van der Waals surface area contributed by atoms with Gasteiger partial charge in [0.1, 0.15) is 23.1 Å². The predicted octanol–water partition coefficient (Wildman–Crippen LogP) is 6.17. The Morgan fingerprint density at radius 2 is 1.89 bits per heavy atom. The van der Waals surface area contributed by atoms with E-state index in [9.17, 15) is 9.18 Å². The van der Waals surface area contributed by atoms with Crippen LogP contribution < -0.4 is 0 Å². The highest BCUT2D eigenvalue weighted by atomic mass is 19.1. The van der Waals surface area contributed by atoms with Crippen LogP contribution in [0, 0.1) is 17.5 Å². The van der Waals surface area contributed by atoms with Gasteiger partial charge in [0.25, 0.3) is 0 Å². The molecule has 0 fully saturated rings. The van der Waals surface area contributed by atoms with Crippen LogP contribution in [0.5, 0.6) is 0 Å². The third-order valence-corrected chi connectivity index (χ3v) is 6.59. The molecule has 196 valence electrons. The zero-order valence-corrected chi connectivity index (χ0v) is 21.1. The van der Waals surface area contributed by atoms with Crippen molar-refractivity contribution in [2.45, 2.75) is 58.4 Å². The molecule has 4 rings (SSSR count). The fourth-order valence-electron chi connectivity index (χ4n) is 4.98. The van der Waals surface area contributed by atoms with Crippen LogP contribution in [0.1, 0.15) is 56.0 Å². The second-order valence-corrected chi connectivity index (χ2v) is 10.00. The van der Waals surface area contributed by atoms with E-state index in [-0.39, 0.29) is 24.1 Å². The molecule has 3 aromatic rings. The highest BCUT2D eigenvalue weighted by Crippen LogP contribution is 2.43. The van der Waals surface area contributed by atoms with E-state index >= 15 is 13.2 Å². The van der Waals surface area contributed by atoms with Crippen LogP contribution in [0.4, 0.5) is 17.6 Å². The molecule has 1 aromatic heterocycles. The van der Waals surface area contributed by atoms with Crippen LogP contribution in [0.25, 0.3) is 17.2 Å². The van der Waals surface area contributed by atoms with E-state index in [1.165, 1.54) is 13.8 Å². The molecule has 0 unspecified atom stereocenters. The normalized spacial score (nSPS) is 18.4. The van der Waals surface area contributed by atoms with Gasteiger partial charge in [0.05, 0.1) is 12.2 Å². The summed E-state index contributed by atoms with van der Waals surface area (Å²) in [6.07, 6.45) is 5.39. The zero-order chi connectivity index (χ0) is 27.1. The Kier molecular flexibility index (Phi) is 7.28. The van der Waals surface area contributed by atoms with Crippen molar-refractivity contribution in [3.05, 3.63) is 82.4 Å². The smallest absolute Gasteiger partial charge is 0.328 e. The Labute approximate surface area is 213 Å². The first-order valence-corrected chi connectivity index (χ1v) is 12.1. The summed E-state index contributed by atoms with van der Waals surface area (Å²) in [5.41, 5.74) is -0.398. The van der Waals surface area contributed by atoms with Gasteiger partial charge in [-0.2, -0.15) is 5.10 Å². The second-order valence-electron chi connectivity index (χ2n) is 10.00. The van der Waals surface area contributed by atoms with Crippen molar-refractivity contribution in [2.75, 3.05) is 6.54 Å². The fraction of sp³-hybridized carbons (Fsp3) is 0.357. The van der Waals surface area contributed by atoms with Crippen molar-refractivity contribution in [3.63, 3.8) is 0 Å². The second kappa shape index (κ2) is 10.1. The van der Waals surface area contributed by atoms with Crippen LogP contribution in [-0.4, -0.2) is 44.0 Å². The van der Waals surface area contributed by atoms with E-state index in [4.69, 9.17) is 5.11 Å². The van der Waals surface area contributed by atoms with Gasteiger partial charge in [-0.15, -0.1) is 0 Å². The molecule has 0 saturated heterocycles. The first-order chi connectivity index (χ1) is 17.4. The quantitative estimate of drug-likeness (QED) is 0.302. The van der Waals surface area contributed by atoms with Crippen LogP contribution >= 0.6 is 0 Å². The molecule has 2 atom stereocenters. The number of rotatable bonds is 7. The Balaban J connectivity index is 1.89. The number of carbonyl (C=O) groups is 1. The van der Waals surface area contributed by atoms with Crippen LogP contribution in [0.2, 0.25) is 0 Å². The third-order valence-electron chi connectivity index (χ3n) is 6.59. The summed E-state index contributed by atoms with van der Waals surface area (Å²) in [5.74, 6) is -3.60. The summed E-state index contributed by atoms with van der Waals surface area (Å²) in [5, 5.41) is 13.1. The van der Waals surface area contributed by atoms with Gasteiger partial charge in [-0.1, -0.05) is 12.1 Å². The summed E-state index contributed by atoms with van der Waals surface area (Å²) >= 11 is 0. The topological polar surface area (TPSA) is 58.4 Å². The first-order valence-electron chi connectivity index (χ1n) is 12.1. The maximum Gasteiger partial charge on any atom is 0.328 e. The highest BCUT2D eigenvalue weighted by molar-refractivity contribution is 5.85. The molecule has 1 aliphatic rings. The average Bonchev–Trinajstić information content (AvgIpc) is 3.28. The van der Waals surface area contributed by atoms with Gasteiger partial charge in [0.2, 0.25) is 0 Å². The number of carboxylic acid groups (broad SMARTS) is 1. The molecular weight excluding hydrogens is 486 g/mol. The van der Waals surface area contributed by atoms with Crippen molar-refractivity contribution in [3.8, 4) is 11.1 Å². The lowest BCUT2D eigenvalue weighted by molar-refractivity contribution is -0.131. The Morgan fingerprint density at radius 1 is 1.22 bits per heavy atom. The molecule has 2 aromatic carbocycles. The first kappa shape index (κ1) is 26.6. The zero-order valence-electron chi connectivity index (χ0n) is 21.1. The lowest BCUT2D eigenvalue weighted by Gasteiger charge is -2.44. The highest BCUT2D eigenvalue weighted by Gasteiger charge is 2.40. The van der Waals surface area contributed by atoms with Gasteiger partial charge in [0.15, 0.2) is 0 Å². The number of fused-ring (bicyclic) bond motifs is 1. The fourth-order valence-corrected chi connectivity index (χ4v) is 4.98. The number of hydrogen-bond donors (Lipinski definition) is 1. The van der Waals surface area contributed by atoms with Crippen molar-refractivity contribution in [2.24, 2.45) is 0 Å². The number of nitrogens with zero attached hydrogens (tertiary/aromatic N) is 3. The summed E-state index contributed by atoms with van der Waals surface area (Å²) in [6.45, 7) is 6.95. The summed E-state index contributed by atoms with van der Waals surface area (Å²) < 4.78 is 63.5. The summed E-state index contributed by atoms with van der Waals surface area (Å²) in [6, 6.07) is 3.74. The molecular formula is C28H29F4N3O2. The number of aryl methyl sites for hydroxylation is 1. The van der Waals surface area contributed by atoms with Crippen LogP contribution in [0.15, 0.2) is 42.7 Å². The van der Waals surface area contributed by atoms with Crippen molar-refractivity contribution in [1.82, 2.24) is 14.7 Å². The van der Waals surface area contributed by atoms with Gasteiger partial charge < -0.3 is 5.11 Å². The minimum atomic E-state index is -1.69. The average molecular weight is 516 g/mol. The number of aliphatic carboxylic acids is 1. The largest absolute Gasteiger partial charge is 0.478 e. The Bertz CT molecular complexity index is 1340. The summed E-state index contributed by atoms with van der Waals surface area (Å²) in [4.78, 5) is 12.5. The molecule has 0 bridgehead atoms. The van der Waals surface area contributed by atoms with Gasteiger partial charge in [-0.3, -0.25) is 9.58 Å². The van der Waals surface area contributed by atoms with Gasteiger partial charge >= 0.3 is 5.97 Å². The van der Waals surface area contributed by atoms with Crippen molar-refractivity contribution < 1.29 is 27.5 Å². The van der Waals surface area contributed by atoms with E-state index in [2.05, 4.69) is 5.10 Å². The molecule has 37 heavy (non-hydrogen) atoms. The Hall–Kier alpha value is -3.46. The molecule has 0 spiro atoms. The molecule has 1 aliphatic heterocycles. The van der Waals surface area contributed by atoms with Crippen molar-refractivity contribution >= 4 is 12.0 Å². The number of halogens is 4. The predicted molar refractivity (Wildman–Crippen MR) is 133 cm³/mol. The molecule has 5 nitrogen and oxygen atoms in total. The van der Waals surface area contributed by atoms with E-state index < -0.39 is 41.2 Å². The van der Waals surface area contributed by atoms with Crippen LogP contribution in [-0.2, 0) is 17.8 Å². The molecule has 0 radical (unpaired) electrons. The number of hydrogen-bond acceptors (Lipinski definition) is 3. The van der Waals surface area contributed by atoms with Crippen molar-refractivity contribution in [1.29, 1.82) is 0 Å². The van der Waals surface area contributed by atoms with E-state index in [1.54, 1.807) is 41.0 Å². The SMILES string of the molecule is CCn1cc(-c2ccc3c(c2F)C[C@H](C)N(CC(C)(C)F)[C@H]3c2c(F)cc(/C=C/C(=O)O)cc2F)cn1. The monoisotopic (exact) mass is 515 g/mol. The third kappa shape index (κ3) is 5.46. The molecule has 0 amide bonds. The lowest BCUT2D eigenvalue weighted by atomic mass is 9.82. The van der Waals surface area contributed by atoms with Gasteiger partial charge in [0, 0.05) is 48.1 Å². The molecule has 2 heterocycles. The maximum absolute atomic E-state index is 15.9. The molecule has 0 saturated carbocycles. The molecule has 9 heteroatoms. The minimum Gasteiger partial charge on any atom is -0.478 e. The van der Waals surface area contributed by atoms with Gasteiger partial charge in [-0.05, 0) is 69.0 Å². The minimum absolute atomic E-state index is 0.0251. The lowest BCUT2D eigenvalue weighted by Crippen LogP contribution is -2.48. The summed E-state index contributed by atoms with van der Waals surface area (Å²) in [7, 11) is 0. The van der Waals surface area contributed by atoms with Crippen LogP contribution in [0.3, 0.4) is 0 Å². The standard InChI is InChI=1S/C28H29F4N3O2/c1-5-34-14-18(13-33-34)19-7-8-20-21(26(19)31)10-16(2)35(15-28(3,4)32)27(20)25-22(29)11-17(12-23(25)30)6-9-24(36)37/h6-9,11-14,16,27H,5,10,15H2,1-4H3,(H,36,37)/b9-6+/t16-,27+/m0/s1. The number of benzene rings is 2. The number of carboxylic acids is 1. The van der Waals surface area contributed by atoms with E-state index in [0.717, 1.165) is 24.3 Å². The molecule has 0 aliphatic carbocycles. The van der Waals surface area contributed by atoms with E-state index in [0.29, 0.717) is 28.8 Å². The number of alkyl halides is 1. The molecule has 1 N–H and O–H groups in total. The van der Waals surface area contributed by atoms with Gasteiger partial charge in [-0.25, -0.2) is 22.4 Å². The maximum atomic E-state index is 15.9. The van der Waals surface area contributed by atoms with E-state index in [1.807, 2.05) is 6.92 Å².